The zero-order valence-electron chi connectivity index (χ0n) is 11.1. The van der Waals surface area contributed by atoms with E-state index in [4.69, 9.17) is 10.5 Å². The maximum atomic E-state index is 11.3. The van der Waals surface area contributed by atoms with Gasteiger partial charge in [0.1, 0.15) is 0 Å². The van der Waals surface area contributed by atoms with Gasteiger partial charge in [0.05, 0.1) is 31.0 Å². The number of rotatable bonds is 6. The number of ether oxygens (including phenoxy) is 1. The molecule has 0 saturated carbocycles. The molecule has 1 aliphatic rings. The summed E-state index contributed by atoms with van der Waals surface area (Å²) in [6, 6.07) is 3.71. The standard InChI is InChI=1S/C14H19N3O2/c1-9(2)8-19-4-3-16-13-7-12-10(5-11(13)15)6-14(18)17-12/h5,7,16H,1,3-4,6,8,15H2,2H3,(H,17,18). The van der Waals surface area contributed by atoms with Crippen LogP contribution in [0.1, 0.15) is 12.5 Å². The second-order valence-electron chi connectivity index (χ2n) is 4.76. The lowest BCUT2D eigenvalue weighted by atomic mass is 10.1. The molecule has 0 saturated heterocycles. The van der Waals surface area contributed by atoms with Gasteiger partial charge in [-0.05, 0) is 24.6 Å². The van der Waals surface area contributed by atoms with Crippen LogP contribution in [-0.2, 0) is 16.0 Å². The highest BCUT2D eigenvalue weighted by Gasteiger charge is 2.19. The minimum Gasteiger partial charge on any atom is -0.397 e. The average molecular weight is 261 g/mol. The van der Waals surface area contributed by atoms with E-state index in [1.807, 2.05) is 19.1 Å². The van der Waals surface area contributed by atoms with Gasteiger partial charge in [-0.2, -0.15) is 0 Å². The van der Waals surface area contributed by atoms with Crippen LogP contribution >= 0.6 is 0 Å². The fourth-order valence-electron chi connectivity index (χ4n) is 1.95. The summed E-state index contributed by atoms with van der Waals surface area (Å²) < 4.78 is 5.39. The van der Waals surface area contributed by atoms with Crippen LogP contribution in [0.2, 0.25) is 0 Å². The second-order valence-corrected chi connectivity index (χ2v) is 4.76. The lowest BCUT2D eigenvalue weighted by Gasteiger charge is -2.11. The van der Waals surface area contributed by atoms with Gasteiger partial charge in [0.15, 0.2) is 0 Å². The molecule has 0 aromatic heterocycles. The predicted molar refractivity (Wildman–Crippen MR) is 77.3 cm³/mol. The highest BCUT2D eigenvalue weighted by atomic mass is 16.5. The summed E-state index contributed by atoms with van der Waals surface area (Å²) in [6.07, 6.45) is 0.404. The highest BCUT2D eigenvalue weighted by molar-refractivity contribution is 6.00. The first-order valence-electron chi connectivity index (χ1n) is 6.24. The van der Waals surface area contributed by atoms with E-state index in [-0.39, 0.29) is 5.91 Å². The van der Waals surface area contributed by atoms with Crippen molar-refractivity contribution in [2.45, 2.75) is 13.3 Å². The molecule has 1 heterocycles. The normalized spacial score (nSPS) is 13.0. The summed E-state index contributed by atoms with van der Waals surface area (Å²) in [5, 5.41) is 6.00. The molecule has 1 amide bonds. The van der Waals surface area contributed by atoms with E-state index >= 15 is 0 Å². The zero-order chi connectivity index (χ0) is 13.8. The van der Waals surface area contributed by atoms with Gasteiger partial charge in [0, 0.05) is 12.2 Å². The third-order valence-electron chi connectivity index (χ3n) is 2.81. The van der Waals surface area contributed by atoms with Crippen molar-refractivity contribution in [2.75, 3.05) is 36.1 Å². The Kier molecular flexibility index (Phi) is 4.06. The first-order valence-corrected chi connectivity index (χ1v) is 6.24. The van der Waals surface area contributed by atoms with Gasteiger partial charge in [0.2, 0.25) is 5.91 Å². The Labute approximate surface area is 112 Å². The van der Waals surface area contributed by atoms with Gasteiger partial charge in [0.25, 0.3) is 0 Å². The number of nitrogens with two attached hydrogens (primary N) is 1. The van der Waals surface area contributed by atoms with Crippen LogP contribution in [-0.4, -0.2) is 25.7 Å². The molecule has 0 aliphatic carbocycles. The number of carbonyl (C=O) groups excluding carboxylic acids is 1. The van der Waals surface area contributed by atoms with E-state index in [0.29, 0.717) is 31.9 Å². The van der Waals surface area contributed by atoms with Crippen LogP contribution in [0.3, 0.4) is 0 Å². The number of amides is 1. The molecular formula is C14H19N3O2. The van der Waals surface area contributed by atoms with E-state index in [0.717, 1.165) is 22.5 Å². The van der Waals surface area contributed by atoms with E-state index in [2.05, 4.69) is 17.2 Å². The Hall–Kier alpha value is -2.01. The van der Waals surface area contributed by atoms with Gasteiger partial charge in [-0.15, -0.1) is 0 Å². The van der Waals surface area contributed by atoms with Crippen LogP contribution in [0.5, 0.6) is 0 Å². The summed E-state index contributed by atoms with van der Waals surface area (Å²) in [6.45, 7) is 7.49. The van der Waals surface area contributed by atoms with E-state index in [9.17, 15) is 4.79 Å². The topological polar surface area (TPSA) is 76.4 Å². The molecular weight excluding hydrogens is 242 g/mol. The number of carbonyl (C=O) groups is 1. The van der Waals surface area contributed by atoms with E-state index < -0.39 is 0 Å². The third-order valence-corrected chi connectivity index (χ3v) is 2.81. The van der Waals surface area contributed by atoms with Crippen molar-refractivity contribution in [3.05, 3.63) is 29.8 Å². The molecule has 4 N–H and O–H groups in total. The summed E-state index contributed by atoms with van der Waals surface area (Å²) >= 11 is 0. The molecule has 0 spiro atoms. The Morgan fingerprint density at radius 1 is 1.58 bits per heavy atom. The number of hydrogen-bond acceptors (Lipinski definition) is 4. The van der Waals surface area contributed by atoms with Crippen LogP contribution in [0.4, 0.5) is 17.1 Å². The van der Waals surface area contributed by atoms with Crippen LogP contribution < -0.4 is 16.4 Å². The number of fused-ring (bicyclic) bond motifs is 1. The van der Waals surface area contributed by atoms with Crippen LogP contribution in [0, 0.1) is 0 Å². The molecule has 2 rings (SSSR count). The molecule has 1 aliphatic heterocycles. The Morgan fingerprint density at radius 3 is 3.11 bits per heavy atom. The number of nitrogen functional groups attached to an aromatic ring is 1. The Morgan fingerprint density at radius 2 is 2.37 bits per heavy atom. The zero-order valence-corrected chi connectivity index (χ0v) is 11.1. The lowest BCUT2D eigenvalue weighted by molar-refractivity contribution is -0.115. The largest absolute Gasteiger partial charge is 0.397 e. The maximum Gasteiger partial charge on any atom is 0.228 e. The van der Waals surface area contributed by atoms with Crippen molar-refractivity contribution in [1.82, 2.24) is 0 Å². The monoisotopic (exact) mass is 261 g/mol. The van der Waals surface area contributed by atoms with Crippen molar-refractivity contribution in [1.29, 1.82) is 0 Å². The molecule has 19 heavy (non-hydrogen) atoms. The minimum absolute atomic E-state index is 0.0105. The first kappa shape index (κ1) is 13.4. The smallest absolute Gasteiger partial charge is 0.228 e. The Balaban J connectivity index is 1.89. The fraction of sp³-hybridized carbons (Fsp3) is 0.357. The molecule has 1 aromatic carbocycles. The van der Waals surface area contributed by atoms with Crippen molar-refractivity contribution >= 4 is 23.0 Å². The van der Waals surface area contributed by atoms with Gasteiger partial charge < -0.3 is 21.1 Å². The molecule has 5 nitrogen and oxygen atoms in total. The van der Waals surface area contributed by atoms with E-state index in [1.54, 1.807) is 0 Å². The summed E-state index contributed by atoms with van der Waals surface area (Å²) in [5.74, 6) is 0.0105. The Bertz CT molecular complexity index is 512. The van der Waals surface area contributed by atoms with Crippen molar-refractivity contribution in [2.24, 2.45) is 0 Å². The van der Waals surface area contributed by atoms with Gasteiger partial charge in [-0.25, -0.2) is 0 Å². The summed E-state index contributed by atoms with van der Waals surface area (Å²) in [7, 11) is 0. The highest BCUT2D eigenvalue weighted by Crippen LogP contribution is 2.31. The third kappa shape index (κ3) is 3.48. The van der Waals surface area contributed by atoms with E-state index in [1.165, 1.54) is 0 Å². The average Bonchev–Trinajstić information content (AvgIpc) is 2.67. The molecule has 0 bridgehead atoms. The fourth-order valence-corrected chi connectivity index (χ4v) is 1.95. The van der Waals surface area contributed by atoms with Crippen LogP contribution in [0.15, 0.2) is 24.3 Å². The molecule has 0 radical (unpaired) electrons. The van der Waals surface area contributed by atoms with Gasteiger partial charge in [-0.3, -0.25) is 4.79 Å². The minimum atomic E-state index is 0.0105. The molecule has 1 aromatic rings. The molecule has 0 atom stereocenters. The van der Waals surface area contributed by atoms with Gasteiger partial charge in [-0.1, -0.05) is 12.2 Å². The SMILES string of the molecule is C=C(C)COCCNc1cc2c(cc1N)CC(=O)N2. The molecule has 102 valence electrons. The van der Waals surface area contributed by atoms with Crippen molar-refractivity contribution in [3.8, 4) is 0 Å². The van der Waals surface area contributed by atoms with Crippen molar-refractivity contribution in [3.63, 3.8) is 0 Å². The number of benzene rings is 1. The maximum absolute atomic E-state index is 11.3. The lowest BCUT2D eigenvalue weighted by Crippen LogP contribution is -2.11. The quantitative estimate of drug-likeness (QED) is 0.414. The second kappa shape index (κ2) is 5.75. The number of anilines is 3. The van der Waals surface area contributed by atoms with Crippen molar-refractivity contribution < 1.29 is 9.53 Å². The first-order chi connectivity index (χ1) is 9.06. The summed E-state index contributed by atoms with van der Waals surface area (Å²) in [4.78, 5) is 11.3. The number of hydrogen-bond donors (Lipinski definition) is 3. The molecule has 5 heteroatoms. The van der Waals surface area contributed by atoms with Crippen LogP contribution in [0.25, 0.3) is 0 Å². The molecule has 0 unspecified atom stereocenters. The predicted octanol–water partition coefficient (Wildman–Crippen LogP) is 1.77. The van der Waals surface area contributed by atoms with Gasteiger partial charge >= 0.3 is 0 Å². The summed E-state index contributed by atoms with van der Waals surface area (Å²) in [5.41, 5.74) is 10.2. The molecule has 0 fully saturated rings. The number of nitrogens with one attached hydrogen (secondary N) is 2.